The zero-order valence-electron chi connectivity index (χ0n) is 16.7. The van der Waals surface area contributed by atoms with Crippen molar-refractivity contribution in [2.75, 3.05) is 26.2 Å². The monoisotopic (exact) mass is 387 g/mol. The third-order valence-electron chi connectivity index (χ3n) is 5.48. The normalized spacial score (nSPS) is 20.0. The highest BCUT2D eigenvalue weighted by atomic mass is 16.2. The molecule has 1 aromatic heterocycles. The fourth-order valence-corrected chi connectivity index (χ4v) is 3.92. The Morgan fingerprint density at radius 1 is 1.11 bits per heavy atom. The van der Waals surface area contributed by atoms with Crippen molar-refractivity contribution in [2.24, 2.45) is 0 Å². The Hall–Kier alpha value is -2.51. The summed E-state index contributed by atoms with van der Waals surface area (Å²) in [5, 5.41) is 2.57. The summed E-state index contributed by atoms with van der Waals surface area (Å²) in [4.78, 5) is 49.1. The molecule has 0 spiro atoms. The summed E-state index contributed by atoms with van der Waals surface area (Å²) in [6.45, 7) is 5.40. The molecule has 3 rings (SSSR count). The highest BCUT2D eigenvalue weighted by Crippen LogP contribution is 2.29. The lowest BCUT2D eigenvalue weighted by molar-refractivity contribution is -0.136. The highest BCUT2D eigenvalue weighted by Gasteiger charge is 2.31. The SMILES string of the molecule is CC(=O)NCC(=O)N1CCCC[C@@H]1c1ncc(C(=O)N2CCCCC2)c(C)n1. The van der Waals surface area contributed by atoms with Crippen molar-refractivity contribution in [3.05, 3.63) is 23.3 Å². The molecule has 0 saturated carbocycles. The van der Waals surface area contributed by atoms with Crippen LogP contribution >= 0.6 is 0 Å². The predicted octanol–water partition coefficient (Wildman–Crippen LogP) is 1.60. The van der Waals surface area contributed by atoms with Crippen LogP contribution in [0.3, 0.4) is 0 Å². The topological polar surface area (TPSA) is 95.5 Å². The first-order valence-corrected chi connectivity index (χ1v) is 10.1. The lowest BCUT2D eigenvalue weighted by atomic mass is 10.0. The molecule has 2 fully saturated rings. The Bertz CT molecular complexity index is 745. The van der Waals surface area contributed by atoms with E-state index in [9.17, 15) is 14.4 Å². The van der Waals surface area contributed by atoms with Gasteiger partial charge in [-0.2, -0.15) is 0 Å². The number of carbonyl (C=O) groups excluding carboxylic acids is 3. The first-order valence-electron chi connectivity index (χ1n) is 10.1. The minimum atomic E-state index is -0.227. The molecule has 1 aromatic rings. The Morgan fingerprint density at radius 2 is 1.82 bits per heavy atom. The molecule has 1 atom stereocenters. The number of aromatic nitrogens is 2. The number of hydrogen-bond acceptors (Lipinski definition) is 5. The molecule has 0 unspecified atom stereocenters. The van der Waals surface area contributed by atoms with Crippen molar-refractivity contribution in [1.82, 2.24) is 25.1 Å². The van der Waals surface area contributed by atoms with Crippen molar-refractivity contribution in [3.63, 3.8) is 0 Å². The number of rotatable bonds is 4. The van der Waals surface area contributed by atoms with Crippen LogP contribution < -0.4 is 5.32 Å². The van der Waals surface area contributed by atoms with Crippen LogP contribution in [0.25, 0.3) is 0 Å². The van der Waals surface area contributed by atoms with E-state index in [1.165, 1.54) is 13.3 Å². The third kappa shape index (κ3) is 4.66. The van der Waals surface area contributed by atoms with Crippen molar-refractivity contribution in [1.29, 1.82) is 0 Å². The van der Waals surface area contributed by atoms with Gasteiger partial charge in [0.2, 0.25) is 11.8 Å². The van der Waals surface area contributed by atoms with E-state index in [1.807, 2.05) is 11.8 Å². The standard InChI is InChI=1S/C20H29N5O3/c1-14-16(20(28)24-9-5-3-6-10-24)12-22-19(23-14)17-8-4-7-11-25(17)18(27)13-21-15(2)26/h12,17H,3-11,13H2,1-2H3,(H,21,26)/t17-/m1/s1. The number of nitrogens with zero attached hydrogens (tertiary/aromatic N) is 4. The largest absolute Gasteiger partial charge is 0.347 e. The fraction of sp³-hybridized carbons (Fsp3) is 0.650. The van der Waals surface area contributed by atoms with Crippen LogP contribution in [0.15, 0.2) is 6.20 Å². The van der Waals surface area contributed by atoms with Crippen LogP contribution in [0.5, 0.6) is 0 Å². The molecule has 8 heteroatoms. The van der Waals surface area contributed by atoms with Gasteiger partial charge in [-0.15, -0.1) is 0 Å². The maximum atomic E-state index is 12.8. The van der Waals surface area contributed by atoms with Crippen LogP contribution in [0, 0.1) is 6.92 Å². The second kappa shape index (κ2) is 9.12. The maximum absolute atomic E-state index is 12.8. The molecule has 0 radical (unpaired) electrons. The van der Waals surface area contributed by atoms with Gasteiger partial charge in [-0.1, -0.05) is 0 Å². The average molecular weight is 387 g/mol. The molecule has 28 heavy (non-hydrogen) atoms. The molecule has 0 aromatic carbocycles. The number of amides is 3. The van der Waals surface area contributed by atoms with Gasteiger partial charge in [0.1, 0.15) is 0 Å². The summed E-state index contributed by atoms with van der Waals surface area (Å²) in [6, 6.07) is -0.215. The summed E-state index contributed by atoms with van der Waals surface area (Å²) >= 11 is 0. The Morgan fingerprint density at radius 3 is 2.50 bits per heavy atom. The van der Waals surface area contributed by atoms with E-state index in [0.717, 1.165) is 45.2 Å². The van der Waals surface area contributed by atoms with Crippen molar-refractivity contribution < 1.29 is 14.4 Å². The Kier molecular flexibility index (Phi) is 6.59. The van der Waals surface area contributed by atoms with Crippen LogP contribution in [0.2, 0.25) is 0 Å². The molecule has 3 amide bonds. The lowest BCUT2D eigenvalue weighted by Gasteiger charge is -2.35. The number of carbonyl (C=O) groups is 3. The van der Waals surface area contributed by atoms with Crippen LogP contribution in [-0.4, -0.2) is 63.7 Å². The van der Waals surface area contributed by atoms with E-state index >= 15 is 0 Å². The van der Waals surface area contributed by atoms with E-state index in [2.05, 4.69) is 15.3 Å². The van der Waals surface area contributed by atoms with Crippen molar-refractivity contribution in [3.8, 4) is 0 Å². The molecule has 152 valence electrons. The second-order valence-electron chi connectivity index (χ2n) is 7.59. The van der Waals surface area contributed by atoms with Gasteiger partial charge in [0.25, 0.3) is 5.91 Å². The molecule has 2 saturated heterocycles. The first kappa shape index (κ1) is 20.2. The molecular formula is C20H29N5O3. The van der Waals surface area contributed by atoms with Gasteiger partial charge in [0.05, 0.1) is 23.8 Å². The molecular weight excluding hydrogens is 358 g/mol. The number of hydrogen-bond donors (Lipinski definition) is 1. The third-order valence-corrected chi connectivity index (χ3v) is 5.48. The van der Waals surface area contributed by atoms with Crippen LogP contribution in [0.4, 0.5) is 0 Å². The van der Waals surface area contributed by atoms with Gasteiger partial charge in [-0.05, 0) is 45.4 Å². The molecule has 0 bridgehead atoms. The van der Waals surface area contributed by atoms with Crippen molar-refractivity contribution >= 4 is 17.7 Å². The van der Waals surface area contributed by atoms with Gasteiger partial charge in [0.15, 0.2) is 5.82 Å². The van der Waals surface area contributed by atoms with Gasteiger partial charge in [-0.25, -0.2) is 9.97 Å². The summed E-state index contributed by atoms with van der Waals surface area (Å²) in [6.07, 6.45) is 7.55. The zero-order chi connectivity index (χ0) is 20.1. The number of aryl methyl sites for hydroxylation is 1. The Balaban J connectivity index is 1.76. The van der Waals surface area contributed by atoms with Crippen LogP contribution in [-0.2, 0) is 9.59 Å². The number of piperidine rings is 2. The van der Waals surface area contributed by atoms with E-state index < -0.39 is 0 Å². The maximum Gasteiger partial charge on any atom is 0.257 e. The number of nitrogens with one attached hydrogen (secondary N) is 1. The summed E-state index contributed by atoms with van der Waals surface area (Å²) < 4.78 is 0. The van der Waals surface area contributed by atoms with E-state index in [4.69, 9.17) is 0 Å². The summed E-state index contributed by atoms with van der Waals surface area (Å²) in [5.74, 6) is 0.207. The minimum Gasteiger partial charge on any atom is -0.347 e. The first-order chi connectivity index (χ1) is 13.5. The lowest BCUT2D eigenvalue weighted by Crippen LogP contribution is -2.44. The fourth-order valence-electron chi connectivity index (χ4n) is 3.92. The zero-order valence-corrected chi connectivity index (χ0v) is 16.7. The van der Waals surface area contributed by atoms with E-state index in [-0.39, 0.29) is 30.3 Å². The summed E-state index contributed by atoms with van der Waals surface area (Å²) in [7, 11) is 0. The molecule has 8 nitrogen and oxygen atoms in total. The predicted molar refractivity (Wildman–Crippen MR) is 104 cm³/mol. The van der Waals surface area contributed by atoms with Crippen molar-refractivity contribution in [2.45, 2.75) is 58.4 Å². The van der Waals surface area contributed by atoms with Gasteiger partial charge in [-0.3, -0.25) is 14.4 Å². The minimum absolute atomic E-state index is 0.00835. The molecule has 2 aliphatic heterocycles. The molecule has 2 aliphatic rings. The second-order valence-corrected chi connectivity index (χ2v) is 7.59. The quantitative estimate of drug-likeness (QED) is 0.847. The van der Waals surface area contributed by atoms with E-state index in [0.29, 0.717) is 23.6 Å². The van der Waals surface area contributed by atoms with Crippen LogP contribution in [0.1, 0.15) is 73.4 Å². The number of likely N-dealkylation sites (tertiary alicyclic amines) is 2. The smallest absolute Gasteiger partial charge is 0.257 e. The molecule has 1 N–H and O–H groups in total. The Labute approximate surface area is 165 Å². The highest BCUT2D eigenvalue weighted by molar-refractivity contribution is 5.95. The molecule has 0 aliphatic carbocycles. The van der Waals surface area contributed by atoms with Gasteiger partial charge >= 0.3 is 0 Å². The van der Waals surface area contributed by atoms with Gasteiger partial charge in [0, 0.05) is 32.8 Å². The average Bonchev–Trinajstić information content (AvgIpc) is 2.72. The molecule has 3 heterocycles. The summed E-state index contributed by atoms with van der Waals surface area (Å²) in [5.41, 5.74) is 1.19. The van der Waals surface area contributed by atoms with Gasteiger partial charge < -0.3 is 15.1 Å². The van der Waals surface area contributed by atoms with E-state index in [1.54, 1.807) is 11.1 Å².